The lowest BCUT2D eigenvalue weighted by atomic mass is 10.0. The van der Waals surface area contributed by atoms with Crippen molar-refractivity contribution in [3.8, 4) is 11.4 Å². The molecule has 0 aliphatic carbocycles. The number of aromatic nitrogens is 3. The van der Waals surface area contributed by atoms with Crippen LogP contribution in [0.4, 0.5) is 11.4 Å². The van der Waals surface area contributed by atoms with Crippen molar-refractivity contribution in [2.45, 2.75) is 38.2 Å². The number of morpholine rings is 1. The number of piperazine rings is 1. The Morgan fingerprint density at radius 2 is 1.54 bits per heavy atom. The molecule has 0 N–H and O–H groups in total. The van der Waals surface area contributed by atoms with Crippen LogP contribution >= 0.6 is 23.2 Å². The number of halogens is 2. The molecule has 3 atom stereocenters. The molecule has 0 spiro atoms. The van der Waals surface area contributed by atoms with Gasteiger partial charge in [0.15, 0.2) is 0 Å². The van der Waals surface area contributed by atoms with Crippen LogP contribution in [0.2, 0.25) is 10.0 Å². The van der Waals surface area contributed by atoms with Crippen molar-refractivity contribution in [3.05, 3.63) is 99.2 Å². The van der Waals surface area contributed by atoms with E-state index in [-0.39, 0.29) is 17.8 Å². The van der Waals surface area contributed by atoms with Gasteiger partial charge in [0.25, 0.3) is 0 Å². The monoisotopic (exact) mass is 722 g/mol. The van der Waals surface area contributed by atoms with Crippen LogP contribution in [0, 0.1) is 0 Å². The quantitative estimate of drug-likeness (QED) is 0.196. The molecule has 3 saturated heterocycles. The number of anilines is 2. The van der Waals surface area contributed by atoms with Crippen LogP contribution in [0.5, 0.6) is 5.75 Å². The molecule has 0 bridgehead atoms. The van der Waals surface area contributed by atoms with E-state index in [4.69, 9.17) is 42.1 Å². The van der Waals surface area contributed by atoms with Gasteiger partial charge >= 0.3 is 5.69 Å². The van der Waals surface area contributed by atoms with Gasteiger partial charge in [0.05, 0.1) is 43.1 Å². The number of rotatable bonds is 11. The lowest BCUT2D eigenvalue weighted by molar-refractivity contribution is -0.196. The van der Waals surface area contributed by atoms with Gasteiger partial charge in [0.2, 0.25) is 5.79 Å². The normalized spacial score (nSPS) is 22.2. The Labute approximate surface area is 302 Å². The van der Waals surface area contributed by atoms with Gasteiger partial charge in [-0.3, -0.25) is 4.90 Å². The van der Waals surface area contributed by atoms with Crippen molar-refractivity contribution in [1.82, 2.24) is 19.2 Å². The maximum Gasteiger partial charge on any atom is 0.350 e. The Balaban J connectivity index is 0.920. The van der Waals surface area contributed by atoms with Gasteiger partial charge in [-0.1, -0.05) is 36.2 Å². The third-order valence-corrected chi connectivity index (χ3v) is 10.4. The largest absolute Gasteiger partial charge is 0.491 e. The number of hydrogen-bond donors (Lipinski definition) is 0. The van der Waals surface area contributed by atoms with E-state index in [1.165, 1.54) is 0 Å². The molecule has 3 aromatic carbocycles. The number of ether oxygens (including phenoxy) is 4. The van der Waals surface area contributed by atoms with Crippen molar-refractivity contribution in [1.29, 1.82) is 0 Å². The zero-order valence-corrected chi connectivity index (χ0v) is 30.1. The van der Waals surface area contributed by atoms with E-state index in [1.807, 2.05) is 43.3 Å². The average Bonchev–Trinajstić information content (AvgIpc) is 3.74. The summed E-state index contributed by atoms with van der Waals surface area (Å²) in [6.07, 6.45) is 2.19. The zero-order chi connectivity index (χ0) is 34.7. The summed E-state index contributed by atoms with van der Waals surface area (Å²) in [7, 11) is 0. The van der Waals surface area contributed by atoms with Crippen molar-refractivity contribution < 1.29 is 18.9 Å². The molecule has 0 saturated carbocycles. The Morgan fingerprint density at radius 3 is 2.18 bits per heavy atom. The van der Waals surface area contributed by atoms with E-state index in [2.05, 4.69) is 51.0 Å². The summed E-state index contributed by atoms with van der Waals surface area (Å²) in [6.45, 7) is 11.9. The minimum Gasteiger partial charge on any atom is -0.491 e. The van der Waals surface area contributed by atoms with E-state index in [0.29, 0.717) is 43.0 Å². The highest BCUT2D eigenvalue weighted by Gasteiger charge is 2.46. The molecule has 4 heterocycles. The summed E-state index contributed by atoms with van der Waals surface area (Å²) in [5, 5.41) is 5.39. The van der Waals surface area contributed by atoms with Crippen molar-refractivity contribution >= 4 is 34.6 Å². The molecular formula is C37H44Cl2N6O5. The second kappa shape index (κ2) is 15.3. The van der Waals surface area contributed by atoms with E-state index in [0.717, 1.165) is 74.1 Å². The van der Waals surface area contributed by atoms with Gasteiger partial charge in [0.1, 0.15) is 24.8 Å². The van der Waals surface area contributed by atoms with E-state index in [9.17, 15) is 4.79 Å². The Hall–Kier alpha value is -3.58. The van der Waals surface area contributed by atoms with Gasteiger partial charge in [-0.15, -0.1) is 0 Å². The highest BCUT2D eigenvalue weighted by molar-refractivity contribution is 6.35. The van der Waals surface area contributed by atoms with E-state index in [1.54, 1.807) is 21.6 Å². The molecular weight excluding hydrogens is 679 g/mol. The summed E-state index contributed by atoms with van der Waals surface area (Å²) in [6, 6.07) is 21.9. The number of benzene rings is 3. The van der Waals surface area contributed by atoms with Crippen LogP contribution in [-0.2, 0) is 20.0 Å². The van der Waals surface area contributed by atoms with Gasteiger partial charge < -0.3 is 28.7 Å². The summed E-state index contributed by atoms with van der Waals surface area (Å²) in [5.74, 6) is -0.238. The predicted molar refractivity (Wildman–Crippen MR) is 195 cm³/mol. The standard InChI is InChI=1S/C37H44Cl2N6O5/c1-3-27(2)45-36(46)44(26-40-45)31-7-5-29(6-8-31)42-14-16-43(17-15-42)30-9-11-32(12-10-30)48-23-33-24-49-37(50-33,25-41-18-20-47-21-19-41)34-13-4-28(38)22-35(34)39/h4-13,22,26-27,33H,3,14-21,23-25H2,1-2H3/t27?,33-,37+/m1/s1. The Kier molecular flexibility index (Phi) is 10.7. The second-order valence-corrected chi connectivity index (χ2v) is 13.9. The highest BCUT2D eigenvalue weighted by atomic mass is 35.5. The third-order valence-electron chi connectivity index (χ3n) is 9.85. The third kappa shape index (κ3) is 7.54. The van der Waals surface area contributed by atoms with Crippen molar-refractivity contribution in [3.63, 3.8) is 0 Å². The second-order valence-electron chi connectivity index (χ2n) is 13.1. The molecule has 4 aromatic rings. The van der Waals surface area contributed by atoms with Crippen molar-refractivity contribution in [2.75, 3.05) is 82.0 Å². The fraction of sp³-hybridized carbons (Fsp3) is 0.459. The lowest BCUT2D eigenvalue weighted by Crippen LogP contribution is -2.47. The highest BCUT2D eigenvalue weighted by Crippen LogP contribution is 2.40. The van der Waals surface area contributed by atoms with Crippen LogP contribution in [-0.4, -0.2) is 97.6 Å². The predicted octanol–water partition coefficient (Wildman–Crippen LogP) is 5.62. The first-order valence-electron chi connectivity index (χ1n) is 17.4. The van der Waals surface area contributed by atoms with Crippen molar-refractivity contribution in [2.24, 2.45) is 0 Å². The minimum atomic E-state index is -1.02. The van der Waals surface area contributed by atoms with Crippen LogP contribution < -0.4 is 20.2 Å². The van der Waals surface area contributed by atoms with E-state index >= 15 is 0 Å². The fourth-order valence-corrected chi connectivity index (χ4v) is 7.32. The van der Waals surface area contributed by atoms with Crippen LogP contribution in [0.15, 0.2) is 77.9 Å². The first-order chi connectivity index (χ1) is 24.3. The molecule has 266 valence electrons. The molecule has 3 aliphatic heterocycles. The molecule has 3 fully saturated rings. The SMILES string of the molecule is CCC(C)n1ncn(-c2ccc(N3CCN(c4ccc(OC[C@@H]5CO[C@](CN6CCOCC6)(c6ccc(Cl)cc6Cl)O5)cc4)CC3)cc2)c1=O. The van der Waals surface area contributed by atoms with Gasteiger partial charge in [-0.25, -0.2) is 14.0 Å². The molecule has 11 nitrogen and oxygen atoms in total. The van der Waals surface area contributed by atoms with Gasteiger partial charge in [0, 0.05) is 61.2 Å². The van der Waals surface area contributed by atoms with Gasteiger partial charge in [-0.2, -0.15) is 5.10 Å². The first kappa shape index (κ1) is 34.9. The molecule has 13 heteroatoms. The van der Waals surface area contributed by atoms with Crippen LogP contribution in [0.3, 0.4) is 0 Å². The van der Waals surface area contributed by atoms with Gasteiger partial charge in [-0.05, 0) is 74.0 Å². The van der Waals surface area contributed by atoms with E-state index < -0.39 is 5.79 Å². The molecule has 7 rings (SSSR count). The maximum absolute atomic E-state index is 12.8. The lowest BCUT2D eigenvalue weighted by Gasteiger charge is -2.37. The van der Waals surface area contributed by atoms with Crippen LogP contribution in [0.25, 0.3) is 5.69 Å². The van der Waals surface area contributed by atoms with Crippen LogP contribution in [0.1, 0.15) is 31.9 Å². The molecule has 50 heavy (non-hydrogen) atoms. The molecule has 0 amide bonds. The number of nitrogens with zero attached hydrogens (tertiary/aromatic N) is 6. The minimum absolute atomic E-state index is 0.0679. The molecule has 0 radical (unpaired) electrons. The summed E-state index contributed by atoms with van der Waals surface area (Å²) in [4.78, 5) is 19.9. The fourth-order valence-electron chi connectivity index (χ4n) is 6.77. The summed E-state index contributed by atoms with van der Waals surface area (Å²) >= 11 is 12.9. The smallest absolute Gasteiger partial charge is 0.350 e. The number of hydrogen-bond acceptors (Lipinski definition) is 9. The molecule has 1 unspecified atom stereocenters. The molecule has 1 aromatic heterocycles. The average molecular weight is 724 g/mol. The topological polar surface area (TPSA) is 86.5 Å². The summed E-state index contributed by atoms with van der Waals surface area (Å²) in [5.41, 5.74) is 3.78. The molecule has 3 aliphatic rings. The maximum atomic E-state index is 12.8. The Morgan fingerprint density at radius 1 is 0.900 bits per heavy atom. The Bertz CT molecular complexity index is 1790. The zero-order valence-electron chi connectivity index (χ0n) is 28.5. The first-order valence-corrected chi connectivity index (χ1v) is 18.1. The summed E-state index contributed by atoms with van der Waals surface area (Å²) < 4.78 is 27.9.